The Bertz CT molecular complexity index is 1080. The van der Waals surface area contributed by atoms with E-state index in [1.54, 1.807) is 10.7 Å². The van der Waals surface area contributed by atoms with E-state index in [0.717, 1.165) is 22.4 Å². The molecule has 1 aromatic heterocycles. The number of nitrogens with one attached hydrogen (secondary N) is 2. The lowest BCUT2D eigenvalue weighted by Crippen LogP contribution is -2.29. The maximum atomic E-state index is 12.3. The molecule has 0 radical (unpaired) electrons. The number of aryl methyl sites for hydroxylation is 2. The fourth-order valence-electron chi connectivity index (χ4n) is 3.37. The fraction of sp³-hybridized carbons (Fsp3) is 0.238. The number of rotatable bonds is 5. The Kier molecular flexibility index (Phi) is 4.99. The van der Waals surface area contributed by atoms with Gasteiger partial charge in [-0.05, 0) is 43.2 Å². The van der Waals surface area contributed by atoms with E-state index < -0.39 is 0 Å². The quantitative estimate of drug-likeness (QED) is 0.697. The molecule has 2 aromatic carbocycles. The molecule has 8 nitrogen and oxygen atoms in total. The largest absolute Gasteiger partial charge is 0.484 e. The highest BCUT2D eigenvalue weighted by Crippen LogP contribution is 2.30. The highest BCUT2D eigenvalue weighted by Gasteiger charge is 2.27. The van der Waals surface area contributed by atoms with Crippen LogP contribution in [0.4, 0.5) is 11.6 Å². The standard InChI is InChI=1S/C21H21N5O3/c1-13-6-7-17(14(2)8-13)24-20(28)11-29-16-5-3-4-15(9-16)18-10-19(27)25-21-22-12-23-26(18)21/h3-9,12,18H,10-11H2,1-2H3,(H,24,28)(H,22,23,25,27). The van der Waals surface area contributed by atoms with Crippen LogP contribution in [0, 0.1) is 13.8 Å². The summed E-state index contributed by atoms with van der Waals surface area (Å²) in [6.45, 7) is 3.84. The first-order valence-electron chi connectivity index (χ1n) is 9.29. The third-order valence-corrected chi connectivity index (χ3v) is 4.77. The first-order valence-corrected chi connectivity index (χ1v) is 9.29. The van der Waals surface area contributed by atoms with Crippen molar-refractivity contribution < 1.29 is 14.3 Å². The second-order valence-corrected chi connectivity index (χ2v) is 7.02. The number of amides is 2. The molecule has 1 unspecified atom stereocenters. The van der Waals surface area contributed by atoms with Gasteiger partial charge in [-0.25, -0.2) is 4.68 Å². The summed E-state index contributed by atoms with van der Waals surface area (Å²) in [6, 6.07) is 12.9. The Hall–Kier alpha value is -3.68. The Labute approximate surface area is 167 Å². The number of carbonyl (C=O) groups is 2. The molecule has 29 heavy (non-hydrogen) atoms. The van der Waals surface area contributed by atoms with E-state index >= 15 is 0 Å². The molecule has 2 amide bonds. The summed E-state index contributed by atoms with van der Waals surface area (Å²) in [7, 11) is 0. The highest BCUT2D eigenvalue weighted by molar-refractivity contribution is 5.92. The van der Waals surface area contributed by atoms with Gasteiger partial charge in [0.2, 0.25) is 11.9 Å². The summed E-state index contributed by atoms with van der Waals surface area (Å²) in [6.07, 6.45) is 1.67. The number of fused-ring (bicyclic) bond motifs is 1. The van der Waals surface area contributed by atoms with Crippen molar-refractivity contribution in [3.05, 3.63) is 65.5 Å². The first-order chi connectivity index (χ1) is 14.0. The van der Waals surface area contributed by atoms with Gasteiger partial charge in [0.15, 0.2) is 6.61 Å². The van der Waals surface area contributed by atoms with Gasteiger partial charge in [0.1, 0.15) is 12.1 Å². The molecule has 0 fully saturated rings. The Balaban J connectivity index is 1.43. The number of anilines is 2. The molecule has 1 aliphatic rings. The first kappa shape index (κ1) is 18.7. The number of ether oxygens (including phenoxy) is 1. The highest BCUT2D eigenvalue weighted by atomic mass is 16.5. The van der Waals surface area contributed by atoms with E-state index in [1.165, 1.54) is 6.33 Å². The van der Waals surface area contributed by atoms with Gasteiger partial charge in [-0.15, -0.1) is 0 Å². The van der Waals surface area contributed by atoms with Crippen LogP contribution in [-0.2, 0) is 9.59 Å². The van der Waals surface area contributed by atoms with Crippen LogP contribution in [0.15, 0.2) is 48.8 Å². The van der Waals surface area contributed by atoms with E-state index in [4.69, 9.17) is 4.74 Å². The van der Waals surface area contributed by atoms with Gasteiger partial charge in [-0.1, -0.05) is 29.8 Å². The van der Waals surface area contributed by atoms with Crippen molar-refractivity contribution in [1.82, 2.24) is 14.8 Å². The van der Waals surface area contributed by atoms with Gasteiger partial charge in [0, 0.05) is 5.69 Å². The van der Waals surface area contributed by atoms with Crippen molar-refractivity contribution in [3.8, 4) is 5.75 Å². The maximum Gasteiger partial charge on any atom is 0.262 e. The summed E-state index contributed by atoms with van der Waals surface area (Å²) in [5.41, 5.74) is 3.77. The number of carbonyl (C=O) groups excluding carboxylic acids is 2. The van der Waals surface area contributed by atoms with Gasteiger partial charge in [-0.3, -0.25) is 14.9 Å². The molecular weight excluding hydrogens is 370 g/mol. The summed E-state index contributed by atoms with van der Waals surface area (Å²) < 4.78 is 7.35. The summed E-state index contributed by atoms with van der Waals surface area (Å²) in [4.78, 5) is 28.3. The van der Waals surface area contributed by atoms with Gasteiger partial charge in [0.25, 0.3) is 5.91 Å². The SMILES string of the molecule is Cc1ccc(NC(=O)COc2cccc(C3CC(=O)Nc4ncnn43)c2)c(C)c1. The van der Waals surface area contributed by atoms with Gasteiger partial charge < -0.3 is 10.1 Å². The minimum Gasteiger partial charge on any atom is -0.484 e. The zero-order valence-electron chi connectivity index (χ0n) is 16.2. The van der Waals surface area contributed by atoms with Crippen LogP contribution in [0.3, 0.4) is 0 Å². The molecule has 1 atom stereocenters. The lowest BCUT2D eigenvalue weighted by atomic mass is 10.0. The van der Waals surface area contributed by atoms with Crippen LogP contribution in [0.1, 0.15) is 29.2 Å². The number of nitrogens with zero attached hydrogens (tertiary/aromatic N) is 3. The van der Waals surface area contributed by atoms with Crippen LogP contribution in [-0.4, -0.2) is 33.2 Å². The predicted octanol–water partition coefficient (Wildman–Crippen LogP) is 2.84. The Morgan fingerprint density at radius 3 is 2.97 bits per heavy atom. The topological polar surface area (TPSA) is 98.1 Å². The predicted molar refractivity (Wildman–Crippen MR) is 108 cm³/mol. The van der Waals surface area contributed by atoms with Crippen molar-refractivity contribution in [2.24, 2.45) is 0 Å². The second kappa shape index (κ2) is 7.75. The number of hydrogen-bond acceptors (Lipinski definition) is 5. The lowest BCUT2D eigenvalue weighted by molar-refractivity contribution is -0.118. The molecule has 148 valence electrons. The van der Waals surface area contributed by atoms with Crippen LogP contribution in [0.2, 0.25) is 0 Å². The number of benzene rings is 2. The average Bonchev–Trinajstić information content (AvgIpc) is 3.16. The van der Waals surface area contributed by atoms with Crippen LogP contribution in [0.25, 0.3) is 0 Å². The fourth-order valence-corrected chi connectivity index (χ4v) is 3.37. The van der Waals surface area contributed by atoms with Crippen molar-refractivity contribution in [3.63, 3.8) is 0 Å². The lowest BCUT2D eigenvalue weighted by Gasteiger charge is -2.24. The van der Waals surface area contributed by atoms with Crippen molar-refractivity contribution >= 4 is 23.5 Å². The van der Waals surface area contributed by atoms with E-state index in [0.29, 0.717) is 11.7 Å². The maximum absolute atomic E-state index is 12.3. The summed E-state index contributed by atoms with van der Waals surface area (Å²) >= 11 is 0. The molecule has 3 aromatic rings. The third kappa shape index (κ3) is 4.11. The molecular formula is C21H21N5O3. The van der Waals surface area contributed by atoms with E-state index in [-0.39, 0.29) is 30.9 Å². The molecule has 2 heterocycles. The van der Waals surface area contributed by atoms with Crippen molar-refractivity contribution in [2.75, 3.05) is 17.2 Å². The van der Waals surface area contributed by atoms with Crippen molar-refractivity contribution in [1.29, 1.82) is 0 Å². The van der Waals surface area contributed by atoms with E-state index in [1.807, 2.05) is 50.2 Å². The molecule has 4 rings (SSSR count). The Morgan fingerprint density at radius 1 is 1.28 bits per heavy atom. The minimum absolute atomic E-state index is 0.115. The van der Waals surface area contributed by atoms with Crippen molar-refractivity contribution in [2.45, 2.75) is 26.3 Å². The zero-order chi connectivity index (χ0) is 20.4. The van der Waals surface area contributed by atoms with Gasteiger partial charge >= 0.3 is 0 Å². The smallest absolute Gasteiger partial charge is 0.262 e. The van der Waals surface area contributed by atoms with Crippen LogP contribution >= 0.6 is 0 Å². The average molecular weight is 391 g/mol. The summed E-state index contributed by atoms with van der Waals surface area (Å²) in [5, 5.41) is 9.75. The molecule has 0 saturated heterocycles. The van der Waals surface area contributed by atoms with Gasteiger partial charge in [-0.2, -0.15) is 10.1 Å². The number of hydrogen-bond donors (Lipinski definition) is 2. The van der Waals surface area contributed by atoms with Crippen LogP contribution in [0.5, 0.6) is 5.75 Å². The number of aromatic nitrogens is 3. The Morgan fingerprint density at radius 2 is 2.14 bits per heavy atom. The zero-order valence-corrected chi connectivity index (χ0v) is 16.2. The van der Waals surface area contributed by atoms with Gasteiger partial charge in [0.05, 0.1) is 12.5 Å². The van der Waals surface area contributed by atoms with E-state index in [9.17, 15) is 9.59 Å². The minimum atomic E-state index is -0.270. The molecule has 8 heteroatoms. The third-order valence-electron chi connectivity index (χ3n) is 4.77. The molecule has 0 bridgehead atoms. The van der Waals surface area contributed by atoms with Crippen LogP contribution < -0.4 is 15.4 Å². The van der Waals surface area contributed by atoms with E-state index in [2.05, 4.69) is 20.7 Å². The molecule has 1 aliphatic heterocycles. The monoisotopic (exact) mass is 391 g/mol. The summed E-state index contributed by atoms with van der Waals surface area (Å²) in [5.74, 6) is 0.615. The molecule has 2 N–H and O–H groups in total. The molecule has 0 aliphatic carbocycles. The second-order valence-electron chi connectivity index (χ2n) is 7.02. The molecule has 0 saturated carbocycles. The normalized spacial score (nSPS) is 15.4. The molecule has 0 spiro atoms.